The average molecular weight is 359 g/mol. The molecule has 0 bridgehead atoms. The summed E-state index contributed by atoms with van der Waals surface area (Å²) >= 11 is 0. The smallest absolute Gasteiger partial charge is 0.328 e. The van der Waals surface area contributed by atoms with Gasteiger partial charge in [0.15, 0.2) is 0 Å². The summed E-state index contributed by atoms with van der Waals surface area (Å²) in [7, 11) is 0. The molecule has 0 aliphatic carbocycles. The molecule has 26 heavy (non-hydrogen) atoms. The number of halogens is 3. The predicted octanol–water partition coefficient (Wildman–Crippen LogP) is 2.84. The fourth-order valence-electron chi connectivity index (χ4n) is 2.77. The normalized spacial score (nSPS) is 13.7. The van der Waals surface area contributed by atoms with Crippen LogP contribution in [0.25, 0.3) is 5.69 Å². The van der Waals surface area contributed by atoms with Crippen LogP contribution in [0.15, 0.2) is 48.9 Å². The molecule has 1 aromatic carbocycles. The third-order valence-electron chi connectivity index (χ3n) is 4.05. The number of nitrogens with zero attached hydrogens (tertiary/aromatic N) is 5. The van der Waals surface area contributed by atoms with Crippen molar-refractivity contribution in [1.82, 2.24) is 24.6 Å². The third-order valence-corrected chi connectivity index (χ3v) is 4.05. The first-order valence-corrected chi connectivity index (χ1v) is 7.73. The fourth-order valence-corrected chi connectivity index (χ4v) is 2.77. The number of hydrogen-bond acceptors (Lipinski definition) is 4. The van der Waals surface area contributed by atoms with Crippen molar-refractivity contribution < 1.29 is 18.0 Å². The highest BCUT2D eigenvalue weighted by molar-refractivity contribution is 5.94. The molecule has 2 aromatic heterocycles. The predicted molar refractivity (Wildman–Crippen MR) is 84.2 cm³/mol. The van der Waals surface area contributed by atoms with Crippen LogP contribution >= 0.6 is 0 Å². The third kappa shape index (κ3) is 2.92. The number of rotatable bonds is 2. The van der Waals surface area contributed by atoms with Crippen LogP contribution < -0.4 is 0 Å². The lowest BCUT2D eigenvalue weighted by Gasteiger charge is -2.13. The van der Waals surface area contributed by atoms with E-state index in [4.69, 9.17) is 0 Å². The number of carbonyl (C=O) groups excluding carboxylic acids is 1. The largest absolute Gasteiger partial charge is 0.451 e. The lowest BCUT2D eigenvalue weighted by atomic mass is 10.3. The van der Waals surface area contributed by atoms with Gasteiger partial charge in [0, 0.05) is 24.5 Å². The number of alkyl halides is 3. The van der Waals surface area contributed by atoms with Crippen LogP contribution in [-0.4, -0.2) is 30.6 Å². The van der Waals surface area contributed by atoms with Gasteiger partial charge in [-0.25, -0.2) is 14.6 Å². The molecular weight excluding hydrogens is 347 g/mol. The zero-order valence-electron chi connectivity index (χ0n) is 13.3. The molecule has 0 saturated carbocycles. The molecule has 1 amide bonds. The summed E-state index contributed by atoms with van der Waals surface area (Å²) in [6.45, 7) is 0.180. The molecule has 3 heterocycles. The van der Waals surface area contributed by atoms with Crippen molar-refractivity contribution in [1.29, 1.82) is 0 Å². The van der Waals surface area contributed by atoms with Crippen LogP contribution in [0.2, 0.25) is 0 Å². The molecule has 1 aliphatic rings. The lowest BCUT2D eigenvalue weighted by molar-refractivity contribution is -0.145. The van der Waals surface area contributed by atoms with E-state index in [1.54, 1.807) is 10.9 Å². The highest BCUT2D eigenvalue weighted by atomic mass is 19.4. The Morgan fingerprint density at radius 2 is 1.85 bits per heavy atom. The zero-order valence-corrected chi connectivity index (χ0v) is 13.3. The molecule has 6 nitrogen and oxygen atoms in total. The van der Waals surface area contributed by atoms with E-state index in [9.17, 15) is 18.0 Å². The number of para-hydroxylation sites is 1. The second-order valence-corrected chi connectivity index (χ2v) is 5.83. The molecule has 3 aromatic rings. The van der Waals surface area contributed by atoms with Crippen molar-refractivity contribution in [2.45, 2.75) is 19.3 Å². The van der Waals surface area contributed by atoms with E-state index < -0.39 is 12.0 Å². The number of benzene rings is 1. The molecule has 0 spiro atoms. The Kier molecular flexibility index (Phi) is 3.71. The van der Waals surface area contributed by atoms with Crippen molar-refractivity contribution in [3.8, 4) is 5.69 Å². The van der Waals surface area contributed by atoms with Gasteiger partial charge in [-0.05, 0) is 12.1 Å². The lowest BCUT2D eigenvalue weighted by Crippen LogP contribution is -2.25. The molecule has 4 rings (SSSR count). The molecule has 0 unspecified atom stereocenters. The maximum Gasteiger partial charge on any atom is 0.451 e. The molecule has 0 radical (unpaired) electrons. The van der Waals surface area contributed by atoms with E-state index in [1.807, 2.05) is 30.3 Å². The van der Waals surface area contributed by atoms with Gasteiger partial charge in [-0.1, -0.05) is 18.2 Å². The molecule has 0 saturated heterocycles. The minimum absolute atomic E-state index is 0.0102. The Morgan fingerprint density at radius 3 is 2.58 bits per heavy atom. The van der Waals surface area contributed by atoms with Crippen LogP contribution in [0.1, 0.15) is 27.4 Å². The van der Waals surface area contributed by atoms with Crippen molar-refractivity contribution in [2.24, 2.45) is 0 Å². The highest BCUT2D eigenvalue weighted by Crippen LogP contribution is 2.29. The minimum Gasteiger partial charge on any atom is -0.328 e. The Balaban J connectivity index is 1.54. The number of fused-ring (bicyclic) bond motifs is 1. The van der Waals surface area contributed by atoms with E-state index in [2.05, 4.69) is 15.1 Å². The standard InChI is InChI=1S/C17H12F3N5O/c18-17(19,20)16-21-6-11-8-24(10-14(11)23-16)15(26)12-7-22-25(9-12)13-4-2-1-3-5-13/h1-7,9H,8,10H2. The minimum atomic E-state index is -4.61. The zero-order chi connectivity index (χ0) is 18.3. The Hall–Kier alpha value is -3.23. The molecule has 0 N–H and O–H groups in total. The van der Waals surface area contributed by atoms with E-state index in [-0.39, 0.29) is 24.7 Å². The highest BCUT2D eigenvalue weighted by Gasteiger charge is 2.36. The summed E-state index contributed by atoms with van der Waals surface area (Å²) in [6, 6.07) is 9.28. The van der Waals surface area contributed by atoms with Gasteiger partial charge >= 0.3 is 6.18 Å². The van der Waals surface area contributed by atoms with Crippen LogP contribution in [0.5, 0.6) is 0 Å². The molecule has 9 heteroatoms. The van der Waals surface area contributed by atoms with E-state index in [0.29, 0.717) is 11.1 Å². The first-order chi connectivity index (χ1) is 12.4. The van der Waals surface area contributed by atoms with Gasteiger partial charge in [-0.3, -0.25) is 4.79 Å². The summed E-state index contributed by atoms with van der Waals surface area (Å²) in [5.74, 6) is -1.51. The van der Waals surface area contributed by atoms with Crippen molar-refractivity contribution in [2.75, 3.05) is 0 Å². The second kappa shape index (κ2) is 5.94. The second-order valence-electron chi connectivity index (χ2n) is 5.83. The summed E-state index contributed by atoms with van der Waals surface area (Å²) in [6.07, 6.45) is -0.451. The van der Waals surface area contributed by atoms with Gasteiger partial charge < -0.3 is 4.90 Å². The van der Waals surface area contributed by atoms with Gasteiger partial charge in [0.2, 0.25) is 5.82 Å². The monoisotopic (exact) mass is 359 g/mol. The first-order valence-electron chi connectivity index (χ1n) is 7.73. The molecule has 1 aliphatic heterocycles. The molecule has 0 fully saturated rings. The Bertz CT molecular complexity index is 968. The Labute approximate surface area is 145 Å². The van der Waals surface area contributed by atoms with Crippen molar-refractivity contribution >= 4 is 5.91 Å². The number of carbonyl (C=O) groups is 1. The van der Waals surface area contributed by atoms with Crippen LogP contribution in [0.4, 0.5) is 13.2 Å². The summed E-state index contributed by atoms with van der Waals surface area (Å²) < 4.78 is 39.7. The van der Waals surface area contributed by atoms with E-state index in [0.717, 1.165) is 11.9 Å². The van der Waals surface area contributed by atoms with Crippen LogP contribution in [0.3, 0.4) is 0 Å². The van der Waals surface area contributed by atoms with Crippen LogP contribution in [0, 0.1) is 0 Å². The van der Waals surface area contributed by atoms with Gasteiger partial charge in [-0.2, -0.15) is 18.3 Å². The molecule has 0 atom stereocenters. The summed E-state index contributed by atoms with van der Waals surface area (Å²) in [4.78, 5) is 21.0. The SMILES string of the molecule is O=C(c1cnn(-c2ccccc2)c1)N1Cc2cnc(C(F)(F)F)nc2C1. The topological polar surface area (TPSA) is 63.9 Å². The summed E-state index contributed by atoms with van der Waals surface area (Å²) in [5, 5.41) is 4.17. The average Bonchev–Trinajstić information content (AvgIpc) is 3.27. The number of amides is 1. The Morgan fingerprint density at radius 1 is 1.08 bits per heavy atom. The summed E-state index contributed by atoms with van der Waals surface area (Å²) in [5.41, 5.74) is 1.89. The van der Waals surface area contributed by atoms with Gasteiger partial charge in [0.1, 0.15) is 0 Å². The molecule has 132 valence electrons. The van der Waals surface area contributed by atoms with Gasteiger partial charge in [0.25, 0.3) is 5.91 Å². The van der Waals surface area contributed by atoms with Gasteiger partial charge in [-0.15, -0.1) is 0 Å². The van der Waals surface area contributed by atoms with Crippen molar-refractivity contribution in [3.63, 3.8) is 0 Å². The van der Waals surface area contributed by atoms with Crippen LogP contribution in [-0.2, 0) is 19.3 Å². The number of hydrogen-bond donors (Lipinski definition) is 0. The quantitative estimate of drug-likeness (QED) is 0.706. The maximum atomic E-state index is 12.7. The maximum absolute atomic E-state index is 12.7. The molecular formula is C17H12F3N5O. The van der Waals surface area contributed by atoms with Gasteiger partial charge in [0.05, 0.1) is 29.7 Å². The fraction of sp³-hybridized carbons (Fsp3) is 0.176. The number of aromatic nitrogens is 4. The van der Waals surface area contributed by atoms with Crippen molar-refractivity contribution in [3.05, 3.63) is 71.6 Å². The first kappa shape index (κ1) is 16.2. The van der Waals surface area contributed by atoms with E-state index >= 15 is 0 Å². The van der Waals surface area contributed by atoms with E-state index in [1.165, 1.54) is 11.1 Å².